The number of nitrogens with two attached hydrogens (primary N) is 1. The summed E-state index contributed by atoms with van der Waals surface area (Å²) in [5.41, 5.74) is 8.41. The van der Waals surface area contributed by atoms with Gasteiger partial charge in [0.05, 0.1) is 0 Å². The third-order valence-electron chi connectivity index (χ3n) is 3.50. The van der Waals surface area contributed by atoms with Gasteiger partial charge in [-0.25, -0.2) is 9.97 Å². The Morgan fingerprint density at radius 1 is 1.42 bits per heavy atom. The molecule has 1 fully saturated rings. The smallest absolute Gasteiger partial charge is 0.137 e. The summed E-state index contributed by atoms with van der Waals surface area (Å²) in [6.45, 7) is 3.02. The van der Waals surface area contributed by atoms with E-state index in [1.54, 1.807) is 17.7 Å². The molecule has 0 unspecified atom stereocenters. The maximum absolute atomic E-state index is 5.99. The van der Waals surface area contributed by atoms with E-state index in [1.165, 1.54) is 18.4 Å². The van der Waals surface area contributed by atoms with Crippen molar-refractivity contribution in [1.29, 1.82) is 0 Å². The Morgan fingerprint density at radius 2 is 2.26 bits per heavy atom. The van der Waals surface area contributed by atoms with Crippen LogP contribution in [0, 0.1) is 0 Å². The van der Waals surface area contributed by atoms with Crippen LogP contribution >= 0.6 is 11.3 Å². The number of hydrogen-bond donors (Lipinski definition) is 1. The Labute approximate surface area is 117 Å². The molecule has 0 aromatic carbocycles. The van der Waals surface area contributed by atoms with Gasteiger partial charge < -0.3 is 10.6 Å². The highest BCUT2D eigenvalue weighted by atomic mass is 32.1. The van der Waals surface area contributed by atoms with Crippen LogP contribution in [0.5, 0.6) is 0 Å². The fourth-order valence-corrected chi connectivity index (χ4v) is 3.01. The first-order valence-electron chi connectivity index (χ1n) is 6.66. The van der Waals surface area contributed by atoms with Crippen molar-refractivity contribution >= 4 is 23.0 Å². The second-order valence-electron chi connectivity index (χ2n) is 4.91. The van der Waals surface area contributed by atoms with E-state index in [9.17, 15) is 0 Å². The fraction of sp³-hybridized carbons (Fsp3) is 0.429. The lowest BCUT2D eigenvalue weighted by atomic mass is 10.2. The van der Waals surface area contributed by atoms with E-state index in [2.05, 4.69) is 38.6 Å². The summed E-state index contributed by atoms with van der Waals surface area (Å²) in [4.78, 5) is 11.0. The van der Waals surface area contributed by atoms with Crippen LogP contribution < -0.4 is 10.6 Å². The van der Waals surface area contributed by atoms with Crippen molar-refractivity contribution in [2.45, 2.75) is 38.8 Å². The first-order chi connectivity index (χ1) is 9.29. The minimum atomic E-state index is 0.611. The van der Waals surface area contributed by atoms with Gasteiger partial charge in [0, 0.05) is 18.2 Å². The highest BCUT2D eigenvalue weighted by Gasteiger charge is 2.31. The summed E-state index contributed by atoms with van der Waals surface area (Å²) in [6, 6.07) is 2.79. The second-order valence-corrected chi connectivity index (χ2v) is 5.69. The molecule has 5 heteroatoms. The molecule has 0 saturated heterocycles. The van der Waals surface area contributed by atoms with Gasteiger partial charge in [-0.15, -0.1) is 0 Å². The summed E-state index contributed by atoms with van der Waals surface area (Å²) in [5, 5.41) is 4.32. The zero-order chi connectivity index (χ0) is 13.2. The van der Waals surface area contributed by atoms with Crippen LogP contribution in [-0.2, 0) is 13.0 Å². The molecule has 2 heterocycles. The van der Waals surface area contributed by atoms with E-state index in [4.69, 9.17) is 5.73 Å². The van der Waals surface area contributed by atoms with E-state index in [0.29, 0.717) is 11.9 Å². The van der Waals surface area contributed by atoms with Crippen LogP contribution in [-0.4, -0.2) is 16.0 Å². The molecule has 0 atom stereocenters. The minimum Gasteiger partial charge on any atom is -0.383 e. The van der Waals surface area contributed by atoms with Gasteiger partial charge >= 0.3 is 0 Å². The van der Waals surface area contributed by atoms with Crippen LogP contribution in [0.3, 0.4) is 0 Å². The number of hydrogen-bond acceptors (Lipinski definition) is 5. The molecule has 19 heavy (non-hydrogen) atoms. The Morgan fingerprint density at radius 3 is 2.89 bits per heavy atom. The minimum absolute atomic E-state index is 0.611. The quantitative estimate of drug-likeness (QED) is 0.911. The Balaban J connectivity index is 1.94. The number of thiophene rings is 1. The molecule has 3 rings (SSSR count). The van der Waals surface area contributed by atoms with Gasteiger partial charge in [-0.2, -0.15) is 11.3 Å². The molecule has 2 aromatic rings. The van der Waals surface area contributed by atoms with Gasteiger partial charge in [0.25, 0.3) is 0 Å². The number of nitrogen functional groups attached to an aromatic ring is 1. The Kier molecular flexibility index (Phi) is 3.38. The van der Waals surface area contributed by atoms with Crippen molar-refractivity contribution in [3.8, 4) is 0 Å². The molecule has 0 radical (unpaired) electrons. The van der Waals surface area contributed by atoms with Crippen molar-refractivity contribution in [3.63, 3.8) is 0 Å². The molecule has 1 aliphatic carbocycles. The number of anilines is 2. The maximum atomic E-state index is 5.99. The summed E-state index contributed by atoms with van der Waals surface area (Å²) in [5.74, 6) is 1.63. The first-order valence-corrected chi connectivity index (χ1v) is 7.61. The standard InChI is InChI=1S/C14H18N4S/c1-2-12-13(15)16-9-17-14(12)18(11-3-4-11)7-10-5-6-19-8-10/h5-6,8-9,11H,2-4,7H2,1H3,(H2,15,16,17). The van der Waals surface area contributed by atoms with Crippen LogP contribution in [0.1, 0.15) is 30.9 Å². The SMILES string of the molecule is CCc1c(N)ncnc1N(Cc1ccsc1)C1CC1. The lowest BCUT2D eigenvalue weighted by Crippen LogP contribution is -2.27. The monoisotopic (exact) mass is 274 g/mol. The molecule has 2 N–H and O–H groups in total. The summed E-state index contributed by atoms with van der Waals surface area (Å²) >= 11 is 1.74. The van der Waals surface area contributed by atoms with Crippen LogP contribution in [0.2, 0.25) is 0 Å². The topological polar surface area (TPSA) is 55.0 Å². The highest BCUT2D eigenvalue weighted by Crippen LogP contribution is 2.35. The molecule has 1 aliphatic rings. The van der Waals surface area contributed by atoms with Gasteiger partial charge in [-0.05, 0) is 41.7 Å². The molecule has 100 valence electrons. The van der Waals surface area contributed by atoms with E-state index in [-0.39, 0.29) is 0 Å². The lowest BCUT2D eigenvalue weighted by molar-refractivity contribution is 0.768. The van der Waals surface area contributed by atoms with Gasteiger partial charge in [0.15, 0.2) is 0 Å². The Hall–Kier alpha value is -1.62. The summed E-state index contributed by atoms with van der Waals surface area (Å²) in [7, 11) is 0. The van der Waals surface area contributed by atoms with E-state index in [1.807, 2.05) is 0 Å². The largest absolute Gasteiger partial charge is 0.383 e. The van der Waals surface area contributed by atoms with Crippen molar-refractivity contribution < 1.29 is 0 Å². The zero-order valence-electron chi connectivity index (χ0n) is 11.0. The average molecular weight is 274 g/mol. The van der Waals surface area contributed by atoms with Gasteiger partial charge in [0.1, 0.15) is 18.0 Å². The third-order valence-corrected chi connectivity index (χ3v) is 4.23. The van der Waals surface area contributed by atoms with Crippen molar-refractivity contribution in [3.05, 3.63) is 34.3 Å². The molecule has 2 aromatic heterocycles. The van der Waals surface area contributed by atoms with Crippen molar-refractivity contribution in [2.75, 3.05) is 10.6 Å². The number of nitrogens with zero attached hydrogens (tertiary/aromatic N) is 3. The normalized spacial score (nSPS) is 14.6. The fourth-order valence-electron chi connectivity index (χ4n) is 2.35. The van der Waals surface area contributed by atoms with Crippen molar-refractivity contribution in [1.82, 2.24) is 9.97 Å². The first kappa shape index (κ1) is 12.4. The number of rotatable bonds is 5. The van der Waals surface area contributed by atoms with Gasteiger partial charge in [0.2, 0.25) is 0 Å². The molecule has 4 nitrogen and oxygen atoms in total. The number of aromatic nitrogens is 2. The van der Waals surface area contributed by atoms with E-state index < -0.39 is 0 Å². The van der Waals surface area contributed by atoms with E-state index in [0.717, 1.165) is 24.3 Å². The molecular weight excluding hydrogens is 256 g/mol. The molecule has 0 spiro atoms. The third kappa shape index (κ3) is 2.56. The average Bonchev–Trinajstić information content (AvgIpc) is 3.13. The van der Waals surface area contributed by atoms with E-state index >= 15 is 0 Å². The molecule has 0 aliphatic heterocycles. The van der Waals surface area contributed by atoms with Crippen molar-refractivity contribution in [2.24, 2.45) is 0 Å². The molecule has 0 bridgehead atoms. The molecule has 0 amide bonds. The van der Waals surface area contributed by atoms with Gasteiger partial charge in [-0.1, -0.05) is 6.92 Å². The van der Waals surface area contributed by atoms with Crippen LogP contribution in [0.25, 0.3) is 0 Å². The highest BCUT2D eigenvalue weighted by molar-refractivity contribution is 7.07. The summed E-state index contributed by atoms with van der Waals surface area (Å²) in [6.07, 6.45) is 4.94. The second kappa shape index (κ2) is 5.17. The summed E-state index contributed by atoms with van der Waals surface area (Å²) < 4.78 is 0. The van der Waals surface area contributed by atoms with Crippen LogP contribution in [0.15, 0.2) is 23.2 Å². The Bertz CT molecular complexity index is 549. The zero-order valence-corrected chi connectivity index (χ0v) is 11.9. The maximum Gasteiger partial charge on any atom is 0.137 e. The molecule has 1 saturated carbocycles. The lowest BCUT2D eigenvalue weighted by Gasteiger charge is -2.25. The molecular formula is C14H18N4S. The van der Waals surface area contributed by atoms with Crippen LogP contribution in [0.4, 0.5) is 11.6 Å². The predicted octanol–water partition coefficient (Wildman–Crippen LogP) is 2.85. The van der Waals surface area contributed by atoms with Gasteiger partial charge in [-0.3, -0.25) is 0 Å². The predicted molar refractivity (Wildman–Crippen MR) is 79.3 cm³/mol.